The molecule has 0 amide bonds. The fourth-order valence-electron chi connectivity index (χ4n) is 10.0. The van der Waals surface area contributed by atoms with Gasteiger partial charge in [-0.05, 0) is 181 Å². The fraction of sp³-hybridized carbons (Fsp3) is 0.100. The Kier molecular flexibility index (Phi) is 9.51. The molecule has 3 aliphatic rings. The predicted octanol–water partition coefficient (Wildman–Crippen LogP) is 16.5. The Hall–Kier alpha value is -7.22. The molecule has 0 radical (unpaired) electrons. The highest BCUT2D eigenvalue weighted by Crippen LogP contribution is 2.44. The summed E-state index contributed by atoms with van der Waals surface area (Å²) in [5, 5.41) is 5.08. The van der Waals surface area contributed by atoms with E-state index in [1.54, 1.807) is 5.56 Å². The summed E-state index contributed by atoms with van der Waals surface area (Å²) in [7, 11) is 0. The van der Waals surface area contributed by atoms with Crippen molar-refractivity contribution < 1.29 is 0 Å². The van der Waals surface area contributed by atoms with E-state index in [4.69, 9.17) is 0 Å². The van der Waals surface area contributed by atoms with Gasteiger partial charge in [0, 0.05) is 17.1 Å². The van der Waals surface area contributed by atoms with Crippen molar-refractivity contribution in [3.05, 3.63) is 227 Å². The molecule has 8 aromatic carbocycles. The van der Waals surface area contributed by atoms with Crippen LogP contribution in [0.3, 0.4) is 0 Å². The highest BCUT2D eigenvalue weighted by Gasteiger charge is 2.22. The quantitative estimate of drug-likeness (QED) is 0.110. The Morgan fingerprint density at radius 1 is 0.492 bits per heavy atom. The van der Waals surface area contributed by atoms with Gasteiger partial charge in [0.2, 0.25) is 0 Å². The van der Waals surface area contributed by atoms with E-state index in [1.165, 1.54) is 88.3 Å². The highest BCUT2D eigenvalue weighted by atomic mass is 15.1. The zero-order chi connectivity index (χ0) is 40.7. The lowest BCUT2D eigenvalue weighted by atomic mass is 9.81. The number of nitrogens with zero attached hydrogens (tertiary/aromatic N) is 1. The molecule has 0 heterocycles. The van der Waals surface area contributed by atoms with E-state index in [-0.39, 0.29) is 0 Å². The minimum atomic E-state index is 0.960. The lowest BCUT2D eigenvalue weighted by molar-refractivity contribution is 0.906. The normalized spacial score (nSPS) is 14.1. The number of hydrogen-bond acceptors (Lipinski definition) is 1. The summed E-state index contributed by atoms with van der Waals surface area (Å²) in [6, 6.07) is 56.7. The van der Waals surface area contributed by atoms with Crippen LogP contribution in [0.5, 0.6) is 0 Å². The van der Waals surface area contributed by atoms with Crippen molar-refractivity contribution in [1.29, 1.82) is 0 Å². The molecule has 0 atom stereocenters. The average molecular weight is 782 g/mol. The first kappa shape index (κ1) is 36.8. The van der Waals surface area contributed by atoms with Gasteiger partial charge in [-0.3, -0.25) is 0 Å². The van der Waals surface area contributed by atoms with Crippen LogP contribution in [0.4, 0.5) is 17.1 Å². The third-order valence-corrected chi connectivity index (χ3v) is 12.9. The van der Waals surface area contributed by atoms with E-state index in [1.807, 2.05) is 0 Å². The van der Waals surface area contributed by atoms with Crippen molar-refractivity contribution in [2.24, 2.45) is 0 Å². The number of anilines is 3. The minimum Gasteiger partial charge on any atom is -0.310 e. The SMILES string of the molecule is C/C=C\C=C/C1=Cc2c(cccc2-c2ccc(N(c3cccc(-c4cc5c(c6c4C=CCC6)CCC=C5)c3)c3cccc(-c4cc5ccccc5c5ccccc45)c3)cc2)C1. The summed E-state index contributed by atoms with van der Waals surface area (Å²) in [5.41, 5.74) is 20.8. The standard InChI is InChI=1S/C60H47N/c1-2-3-4-16-41-35-43-21-15-30-51(58(43)36-41)42-31-33-48(34-32-42)61(49-22-13-19-44(37-49)59-39-46-17-5-7-24-52(46)54-26-9-11-28-56(54)59)50-23-14-20-45(38-50)60-40-47-18-6-8-25-53(47)55-27-10-12-29-57(55)60/h2-7,9,11-24,26,28-34,36-40H,8,10,25,27,35H2,1H3/b3-2-,16-4-. The molecular weight excluding hydrogens is 735 g/mol. The molecule has 0 spiro atoms. The van der Waals surface area contributed by atoms with Crippen molar-refractivity contribution in [2.45, 2.75) is 39.0 Å². The lowest BCUT2D eigenvalue weighted by Gasteiger charge is -2.28. The van der Waals surface area contributed by atoms with Crippen molar-refractivity contribution in [3.63, 3.8) is 0 Å². The molecule has 292 valence electrons. The van der Waals surface area contributed by atoms with Gasteiger partial charge in [-0.2, -0.15) is 0 Å². The molecule has 11 rings (SSSR count). The zero-order valence-electron chi connectivity index (χ0n) is 34.6. The molecule has 0 bridgehead atoms. The third kappa shape index (κ3) is 6.77. The Bertz CT molecular complexity index is 3170. The van der Waals surface area contributed by atoms with Gasteiger partial charge in [-0.1, -0.05) is 158 Å². The maximum absolute atomic E-state index is 2.44. The second-order valence-corrected chi connectivity index (χ2v) is 16.6. The van der Waals surface area contributed by atoms with Gasteiger partial charge in [0.15, 0.2) is 0 Å². The van der Waals surface area contributed by atoms with Gasteiger partial charge in [-0.15, -0.1) is 0 Å². The van der Waals surface area contributed by atoms with E-state index >= 15 is 0 Å². The first-order valence-corrected chi connectivity index (χ1v) is 21.9. The van der Waals surface area contributed by atoms with Crippen LogP contribution in [0, 0.1) is 0 Å². The van der Waals surface area contributed by atoms with Crippen LogP contribution in [0.2, 0.25) is 0 Å². The van der Waals surface area contributed by atoms with E-state index in [9.17, 15) is 0 Å². The largest absolute Gasteiger partial charge is 0.310 e. The van der Waals surface area contributed by atoms with E-state index in [0.717, 1.165) is 49.2 Å². The summed E-state index contributed by atoms with van der Waals surface area (Å²) in [6.45, 7) is 2.06. The Morgan fingerprint density at radius 3 is 2.00 bits per heavy atom. The van der Waals surface area contributed by atoms with Crippen LogP contribution in [-0.4, -0.2) is 0 Å². The van der Waals surface area contributed by atoms with Gasteiger partial charge >= 0.3 is 0 Å². The lowest BCUT2D eigenvalue weighted by Crippen LogP contribution is -2.10. The Balaban J connectivity index is 1.05. The second-order valence-electron chi connectivity index (χ2n) is 16.6. The molecule has 0 fully saturated rings. The average Bonchev–Trinajstić information content (AvgIpc) is 3.75. The van der Waals surface area contributed by atoms with Crippen molar-refractivity contribution in [3.8, 4) is 33.4 Å². The Labute approximate surface area is 359 Å². The van der Waals surface area contributed by atoms with Gasteiger partial charge in [0.1, 0.15) is 0 Å². The molecule has 3 aliphatic carbocycles. The van der Waals surface area contributed by atoms with Gasteiger partial charge in [0.25, 0.3) is 0 Å². The molecule has 0 aromatic heterocycles. The third-order valence-electron chi connectivity index (χ3n) is 12.9. The first-order chi connectivity index (χ1) is 30.2. The van der Waals surface area contributed by atoms with Crippen molar-refractivity contribution in [2.75, 3.05) is 4.90 Å². The number of hydrogen-bond donors (Lipinski definition) is 0. The summed E-state index contributed by atoms with van der Waals surface area (Å²) in [5.74, 6) is 0. The molecule has 8 aromatic rings. The predicted molar refractivity (Wildman–Crippen MR) is 263 cm³/mol. The van der Waals surface area contributed by atoms with E-state index in [2.05, 4.69) is 218 Å². The maximum Gasteiger partial charge on any atom is 0.0467 e. The molecule has 0 N–H and O–H groups in total. The Morgan fingerprint density at radius 2 is 1.20 bits per heavy atom. The minimum absolute atomic E-state index is 0.960. The number of rotatable bonds is 8. The molecular formula is C60H47N. The molecule has 61 heavy (non-hydrogen) atoms. The van der Waals surface area contributed by atoms with Crippen LogP contribution < -0.4 is 4.90 Å². The summed E-state index contributed by atoms with van der Waals surface area (Å²) in [4.78, 5) is 2.44. The summed E-state index contributed by atoms with van der Waals surface area (Å²) in [6.07, 6.45) is 25.8. The maximum atomic E-state index is 2.44. The number of fused-ring (bicyclic) bond motifs is 7. The van der Waals surface area contributed by atoms with Gasteiger partial charge in [-0.25, -0.2) is 0 Å². The van der Waals surface area contributed by atoms with Crippen LogP contribution >= 0.6 is 0 Å². The van der Waals surface area contributed by atoms with Crippen LogP contribution in [0.1, 0.15) is 53.1 Å². The molecule has 1 nitrogen and oxygen atoms in total. The highest BCUT2D eigenvalue weighted by molar-refractivity contribution is 6.14. The van der Waals surface area contributed by atoms with Gasteiger partial charge in [0.05, 0.1) is 0 Å². The van der Waals surface area contributed by atoms with Crippen molar-refractivity contribution in [1.82, 2.24) is 0 Å². The van der Waals surface area contributed by atoms with Crippen LogP contribution in [-0.2, 0) is 19.3 Å². The van der Waals surface area contributed by atoms with E-state index < -0.39 is 0 Å². The number of benzene rings is 8. The van der Waals surface area contributed by atoms with Crippen LogP contribution in [0.25, 0.3) is 73.2 Å². The molecule has 0 saturated heterocycles. The molecule has 1 heteroatoms. The monoisotopic (exact) mass is 781 g/mol. The smallest absolute Gasteiger partial charge is 0.0467 e. The topological polar surface area (TPSA) is 3.24 Å². The van der Waals surface area contributed by atoms with Gasteiger partial charge < -0.3 is 4.90 Å². The summed E-state index contributed by atoms with van der Waals surface area (Å²) < 4.78 is 0. The van der Waals surface area contributed by atoms with Crippen molar-refractivity contribution >= 4 is 56.8 Å². The fourth-order valence-corrected chi connectivity index (χ4v) is 10.0. The first-order valence-electron chi connectivity index (χ1n) is 21.9. The molecule has 0 aliphatic heterocycles. The number of allylic oxidation sites excluding steroid dienone is 7. The molecule has 0 saturated carbocycles. The zero-order valence-corrected chi connectivity index (χ0v) is 34.6. The van der Waals surface area contributed by atoms with Crippen LogP contribution in [0.15, 0.2) is 194 Å². The second kappa shape index (κ2) is 15.8. The van der Waals surface area contributed by atoms with E-state index in [0.29, 0.717) is 0 Å². The summed E-state index contributed by atoms with van der Waals surface area (Å²) >= 11 is 0. The molecule has 0 unspecified atom stereocenters.